The molecule has 1 heterocycles. The average Bonchev–Trinajstić information content (AvgIpc) is 2.75. The van der Waals surface area contributed by atoms with Crippen LogP contribution in [-0.2, 0) is 12.0 Å². The lowest BCUT2D eigenvalue weighted by molar-refractivity contribution is 0.581. The number of aromatic nitrogens is 1. The van der Waals surface area contributed by atoms with Crippen LogP contribution in [0.4, 0.5) is 14.5 Å². The van der Waals surface area contributed by atoms with Crippen molar-refractivity contribution < 1.29 is 8.78 Å². The number of anilines is 1. The van der Waals surface area contributed by atoms with Gasteiger partial charge in [0, 0.05) is 21.3 Å². The highest BCUT2D eigenvalue weighted by atomic mass is 79.9. The van der Waals surface area contributed by atoms with Gasteiger partial charge in [-0.1, -0.05) is 20.8 Å². The average molecular weight is 361 g/mol. The van der Waals surface area contributed by atoms with E-state index in [0.717, 1.165) is 16.8 Å². The van der Waals surface area contributed by atoms with E-state index in [2.05, 4.69) is 47.0 Å². The SMILES string of the molecule is CC(C)(C)c1nc(CNc2c(F)cc(F)cc2Br)cs1. The first kappa shape index (κ1) is 15.4. The van der Waals surface area contributed by atoms with Crippen LogP contribution in [0.2, 0.25) is 0 Å². The lowest BCUT2D eigenvalue weighted by atomic mass is 9.98. The molecule has 1 aromatic carbocycles. The molecule has 0 saturated heterocycles. The molecule has 0 aliphatic carbocycles. The lowest BCUT2D eigenvalue weighted by Gasteiger charge is -2.13. The van der Waals surface area contributed by atoms with Gasteiger partial charge in [-0.25, -0.2) is 13.8 Å². The molecule has 0 amide bonds. The third-order valence-corrected chi connectivity index (χ3v) is 4.59. The van der Waals surface area contributed by atoms with E-state index < -0.39 is 11.6 Å². The summed E-state index contributed by atoms with van der Waals surface area (Å²) in [7, 11) is 0. The van der Waals surface area contributed by atoms with Crippen LogP contribution >= 0.6 is 27.3 Å². The van der Waals surface area contributed by atoms with Crippen molar-refractivity contribution in [1.82, 2.24) is 4.98 Å². The summed E-state index contributed by atoms with van der Waals surface area (Å²) >= 11 is 4.73. The maximum absolute atomic E-state index is 13.7. The maximum Gasteiger partial charge on any atom is 0.150 e. The molecular formula is C14H15BrF2N2S. The van der Waals surface area contributed by atoms with Gasteiger partial charge in [0.05, 0.1) is 22.9 Å². The van der Waals surface area contributed by atoms with Crippen molar-refractivity contribution in [1.29, 1.82) is 0 Å². The van der Waals surface area contributed by atoms with Crippen LogP contribution < -0.4 is 5.32 Å². The molecule has 0 fully saturated rings. The zero-order valence-corrected chi connectivity index (χ0v) is 13.8. The minimum absolute atomic E-state index is 0.00459. The van der Waals surface area contributed by atoms with E-state index in [-0.39, 0.29) is 11.1 Å². The van der Waals surface area contributed by atoms with E-state index >= 15 is 0 Å². The van der Waals surface area contributed by atoms with E-state index in [0.29, 0.717) is 11.0 Å². The van der Waals surface area contributed by atoms with Gasteiger partial charge in [0.15, 0.2) is 0 Å². The molecule has 0 unspecified atom stereocenters. The Kier molecular flexibility index (Phi) is 4.44. The number of nitrogens with one attached hydrogen (secondary N) is 1. The molecule has 0 atom stereocenters. The van der Waals surface area contributed by atoms with Gasteiger partial charge in [0.2, 0.25) is 0 Å². The topological polar surface area (TPSA) is 24.9 Å². The predicted octanol–water partition coefficient (Wildman–Crippen LogP) is 5.09. The highest BCUT2D eigenvalue weighted by Gasteiger charge is 2.18. The molecule has 1 N–H and O–H groups in total. The molecule has 20 heavy (non-hydrogen) atoms. The second-order valence-electron chi connectivity index (χ2n) is 5.49. The summed E-state index contributed by atoms with van der Waals surface area (Å²) in [5, 5.41) is 5.93. The lowest BCUT2D eigenvalue weighted by Crippen LogP contribution is -2.11. The van der Waals surface area contributed by atoms with Crippen LogP contribution in [0.15, 0.2) is 22.0 Å². The standard InChI is InChI=1S/C14H15BrF2N2S/c1-14(2,3)13-19-9(7-20-13)6-18-12-10(15)4-8(16)5-11(12)17/h4-5,7,18H,6H2,1-3H3. The Morgan fingerprint density at radius 1 is 1.30 bits per heavy atom. The summed E-state index contributed by atoms with van der Waals surface area (Å²) in [5.74, 6) is -1.23. The molecule has 2 rings (SSSR count). The van der Waals surface area contributed by atoms with Gasteiger partial charge in [0.25, 0.3) is 0 Å². The Balaban J connectivity index is 2.12. The molecule has 0 aliphatic heterocycles. The minimum atomic E-state index is -0.622. The molecule has 0 radical (unpaired) electrons. The summed E-state index contributed by atoms with van der Waals surface area (Å²) in [6.45, 7) is 6.69. The number of hydrogen-bond donors (Lipinski definition) is 1. The number of hydrogen-bond acceptors (Lipinski definition) is 3. The zero-order chi connectivity index (χ0) is 14.9. The van der Waals surface area contributed by atoms with Crippen molar-refractivity contribution in [2.45, 2.75) is 32.7 Å². The molecule has 0 saturated carbocycles. The number of benzene rings is 1. The van der Waals surface area contributed by atoms with Gasteiger partial charge in [-0.15, -0.1) is 11.3 Å². The van der Waals surface area contributed by atoms with Crippen LogP contribution in [0.25, 0.3) is 0 Å². The normalized spacial score (nSPS) is 11.7. The van der Waals surface area contributed by atoms with Crippen molar-refractivity contribution in [2.75, 3.05) is 5.32 Å². The summed E-state index contributed by atoms with van der Waals surface area (Å²) in [6.07, 6.45) is 0. The summed E-state index contributed by atoms with van der Waals surface area (Å²) in [4.78, 5) is 4.52. The minimum Gasteiger partial charge on any atom is -0.376 e. The van der Waals surface area contributed by atoms with Crippen LogP contribution in [0.5, 0.6) is 0 Å². The van der Waals surface area contributed by atoms with Crippen molar-refractivity contribution in [3.05, 3.63) is 44.3 Å². The van der Waals surface area contributed by atoms with Gasteiger partial charge in [-0.2, -0.15) is 0 Å². The molecule has 0 aliphatic rings. The van der Waals surface area contributed by atoms with Crippen LogP contribution in [0.1, 0.15) is 31.5 Å². The van der Waals surface area contributed by atoms with Gasteiger partial charge >= 0.3 is 0 Å². The Hall–Kier alpha value is -1.01. The Morgan fingerprint density at radius 2 is 2.00 bits per heavy atom. The fourth-order valence-corrected chi connectivity index (χ4v) is 3.08. The quantitative estimate of drug-likeness (QED) is 0.823. The number of nitrogens with zero attached hydrogens (tertiary/aromatic N) is 1. The molecule has 1 aromatic heterocycles. The molecular weight excluding hydrogens is 346 g/mol. The van der Waals surface area contributed by atoms with Crippen molar-refractivity contribution in [2.24, 2.45) is 0 Å². The highest BCUT2D eigenvalue weighted by Crippen LogP contribution is 2.29. The summed E-state index contributed by atoms with van der Waals surface area (Å²) in [5.41, 5.74) is 1.09. The second-order valence-corrected chi connectivity index (χ2v) is 7.20. The number of thiazole rings is 1. The van der Waals surface area contributed by atoms with Crippen molar-refractivity contribution >= 4 is 33.0 Å². The summed E-state index contributed by atoms with van der Waals surface area (Å²) in [6, 6.07) is 2.09. The third kappa shape index (κ3) is 3.55. The van der Waals surface area contributed by atoms with Crippen molar-refractivity contribution in [3.8, 4) is 0 Å². The largest absolute Gasteiger partial charge is 0.376 e. The van der Waals surface area contributed by atoms with E-state index in [1.807, 2.05) is 5.38 Å². The molecule has 2 aromatic rings. The van der Waals surface area contributed by atoms with E-state index in [4.69, 9.17) is 0 Å². The van der Waals surface area contributed by atoms with Crippen molar-refractivity contribution in [3.63, 3.8) is 0 Å². The highest BCUT2D eigenvalue weighted by molar-refractivity contribution is 9.10. The van der Waals surface area contributed by atoms with Crippen LogP contribution in [0, 0.1) is 11.6 Å². The molecule has 2 nitrogen and oxygen atoms in total. The monoisotopic (exact) mass is 360 g/mol. The number of rotatable bonds is 3. The molecule has 0 bridgehead atoms. The fraction of sp³-hybridized carbons (Fsp3) is 0.357. The van der Waals surface area contributed by atoms with Crippen LogP contribution in [0.3, 0.4) is 0 Å². The molecule has 108 valence electrons. The zero-order valence-electron chi connectivity index (χ0n) is 11.4. The van der Waals surface area contributed by atoms with Gasteiger partial charge in [-0.05, 0) is 22.0 Å². The fourth-order valence-electron chi connectivity index (χ4n) is 1.62. The smallest absolute Gasteiger partial charge is 0.150 e. The van der Waals surface area contributed by atoms with E-state index in [1.165, 1.54) is 6.07 Å². The van der Waals surface area contributed by atoms with Gasteiger partial charge in [0.1, 0.15) is 11.6 Å². The molecule has 6 heteroatoms. The first-order valence-corrected chi connectivity index (χ1v) is 7.78. The Morgan fingerprint density at radius 3 is 2.55 bits per heavy atom. The second kappa shape index (κ2) is 5.77. The van der Waals surface area contributed by atoms with Gasteiger partial charge < -0.3 is 5.32 Å². The predicted molar refractivity (Wildman–Crippen MR) is 82.2 cm³/mol. The molecule has 0 spiro atoms. The van der Waals surface area contributed by atoms with Crippen LogP contribution in [-0.4, -0.2) is 4.98 Å². The maximum atomic E-state index is 13.7. The Bertz CT molecular complexity index is 597. The first-order valence-electron chi connectivity index (χ1n) is 6.10. The Labute approximate surface area is 129 Å². The third-order valence-electron chi connectivity index (χ3n) is 2.65. The van der Waals surface area contributed by atoms with Gasteiger partial charge in [-0.3, -0.25) is 0 Å². The summed E-state index contributed by atoms with van der Waals surface area (Å²) < 4.78 is 27.0. The number of halogens is 3. The van der Waals surface area contributed by atoms with E-state index in [9.17, 15) is 8.78 Å². The van der Waals surface area contributed by atoms with E-state index in [1.54, 1.807) is 11.3 Å². The first-order chi connectivity index (χ1) is 9.27.